The van der Waals surface area contributed by atoms with E-state index in [9.17, 15) is 9.59 Å². The smallest absolute Gasteiger partial charge is 0.313 e. The number of carbonyl (C=O) groups excluding carboxylic acids is 2. The second kappa shape index (κ2) is 5.98. The van der Waals surface area contributed by atoms with Crippen molar-refractivity contribution in [2.24, 2.45) is 0 Å². The molecule has 0 radical (unpaired) electrons. The van der Waals surface area contributed by atoms with Crippen LogP contribution in [0.3, 0.4) is 0 Å². The summed E-state index contributed by atoms with van der Waals surface area (Å²) in [4.78, 5) is 26.1. The molecule has 0 saturated carbocycles. The molecule has 0 spiro atoms. The van der Waals surface area contributed by atoms with Gasteiger partial charge in [-0.1, -0.05) is 0 Å². The topological polar surface area (TPSA) is 71.1 Å². The maximum absolute atomic E-state index is 11.2. The number of rotatable bonds is 3. The molecule has 0 fully saturated rings. The summed E-state index contributed by atoms with van der Waals surface area (Å²) >= 11 is 5.35. The van der Waals surface area contributed by atoms with Gasteiger partial charge in [-0.05, 0) is 12.1 Å². The quantitative estimate of drug-likeness (QED) is 0.579. The fourth-order valence-corrected chi connectivity index (χ4v) is 0.960. The molecule has 1 aromatic heterocycles. The van der Waals surface area contributed by atoms with Gasteiger partial charge in [0.05, 0.1) is 11.9 Å². The maximum Gasteiger partial charge on any atom is 0.313 e. The lowest BCUT2D eigenvalue weighted by Crippen LogP contribution is -2.36. The predicted octanol–water partition coefficient (Wildman–Crippen LogP) is 0.375. The predicted molar refractivity (Wildman–Crippen MR) is 56.6 cm³/mol. The molecule has 0 aliphatic heterocycles. The number of carbonyl (C=O) groups is 2. The number of anilines is 1. The highest BCUT2D eigenvalue weighted by atomic mass is 35.5. The van der Waals surface area contributed by atoms with Crippen LogP contribution in [0, 0.1) is 0 Å². The summed E-state index contributed by atoms with van der Waals surface area (Å²) in [5, 5.41) is 4.74. The van der Waals surface area contributed by atoms with Gasteiger partial charge in [-0.25, -0.2) is 0 Å². The van der Waals surface area contributed by atoms with Crippen LogP contribution in [0.1, 0.15) is 0 Å². The molecule has 1 heterocycles. The van der Waals surface area contributed by atoms with E-state index in [1.807, 2.05) is 0 Å². The van der Waals surface area contributed by atoms with E-state index in [0.29, 0.717) is 5.69 Å². The lowest BCUT2D eigenvalue weighted by Gasteiger charge is -2.04. The number of hydrogen-bond acceptors (Lipinski definition) is 3. The summed E-state index contributed by atoms with van der Waals surface area (Å²) in [7, 11) is 0. The van der Waals surface area contributed by atoms with E-state index in [1.54, 1.807) is 18.3 Å². The summed E-state index contributed by atoms with van der Waals surface area (Å²) in [6.07, 6.45) is 3.02. The molecule has 0 atom stereocenters. The van der Waals surface area contributed by atoms with E-state index >= 15 is 0 Å². The Hall–Kier alpha value is -1.62. The molecule has 15 heavy (non-hydrogen) atoms. The molecule has 2 N–H and O–H groups in total. The van der Waals surface area contributed by atoms with Gasteiger partial charge in [0.1, 0.15) is 0 Å². The van der Waals surface area contributed by atoms with Gasteiger partial charge >= 0.3 is 11.8 Å². The van der Waals surface area contributed by atoms with Gasteiger partial charge in [0, 0.05) is 18.6 Å². The van der Waals surface area contributed by atoms with Crippen molar-refractivity contribution >= 4 is 29.1 Å². The number of nitrogens with one attached hydrogen (secondary N) is 2. The molecule has 1 rings (SSSR count). The first-order chi connectivity index (χ1) is 7.24. The SMILES string of the molecule is O=C(NCCCl)C(=O)Nc1cccnc1. The fraction of sp³-hybridized carbons (Fsp3) is 0.222. The number of amides is 2. The summed E-state index contributed by atoms with van der Waals surface area (Å²) in [6, 6.07) is 3.30. The van der Waals surface area contributed by atoms with E-state index in [-0.39, 0.29) is 12.4 Å². The lowest BCUT2D eigenvalue weighted by atomic mass is 10.4. The minimum Gasteiger partial charge on any atom is -0.347 e. The summed E-state index contributed by atoms with van der Waals surface area (Å²) in [6.45, 7) is 0.265. The average Bonchev–Trinajstić information content (AvgIpc) is 2.27. The molecule has 80 valence electrons. The van der Waals surface area contributed by atoms with Crippen molar-refractivity contribution in [2.45, 2.75) is 0 Å². The van der Waals surface area contributed by atoms with Crippen molar-refractivity contribution in [1.82, 2.24) is 10.3 Å². The van der Waals surface area contributed by atoms with Crippen LogP contribution in [0.4, 0.5) is 5.69 Å². The van der Waals surface area contributed by atoms with Gasteiger partial charge in [0.15, 0.2) is 0 Å². The summed E-state index contributed by atoms with van der Waals surface area (Å²) < 4.78 is 0. The standard InChI is InChI=1S/C9H10ClN3O2/c10-3-5-12-8(14)9(15)13-7-2-1-4-11-6-7/h1-2,4,6H,3,5H2,(H,12,14)(H,13,15). The highest BCUT2D eigenvalue weighted by molar-refractivity contribution is 6.39. The molecule has 1 aromatic rings. The highest BCUT2D eigenvalue weighted by Crippen LogP contribution is 2.01. The number of aromatic nitrogens is 1. The van der Waals surface area contributed by atoms with Crippen LogP contribution >= 0.6 is 11.6 Å². The molecule has 0 bridgehead atoms. The Morgan fingerprint density at radius 3 is 2.80 bits per heavy atom. The number of hydrogen-bond donors (Lipinski definition) is 2. The van der Waals surface area contributed by atoms with E-state index in [1.165, 1.54) is 6.20 Å². The van der Waals surface area contributed by atoms with Crippen LogP contribution in [0.5, 0.6) is 0 Å². The van der Waals surface area contributed by atoms with Crippen LogP contribution in [-0.4, -0.2) is 29.2 Å². The molecule has 0 aliphatic carbocycles. The van der Waals surface area contributed by atoms with Crippen LogP contribution in [0.15, 0.2) is 24.5 Å². The fourth-order valence-electron chi connectivity index (χ4n) is 0.866. The number of pyridine rings is 1. The largest absolute Gasteiger partial charge is 0.347 e. The van der Waals surface area contributed by atoms with Crippen LogP contribution in [0.25, 0.3) is 0 Å². The summed E-state index contributed by atoms with van der Waals surface area (Å²) in [5.41, 5.74) is 0.475. The van der Waals surface area contributed by atoms with Gasteiger partial charge in [-0.3, -0.25) is 14.6 Å². The molecule has 2 amide bonds. The second-order valence-corrected chi connectivity index (χ2v) is 3.02. The Morgan fingerprint density at radius 1 is 1.40 bits per heavy atom. The van der Waals surface area contributed by atoms with Crippen LogP contribution in [0.2, 0.25) is 0 Å². The molecule has 0 saturated heterocycles. The normalized spacial score (nSPS) is 9.40. The van der Waals surface area contributed by atoms with E-state index < -0.39 is 11.8 Å². The van der Waals surface area contributed by atoms with Crippen molar-refractivity contribution < 1.29 is 9.59 Å². The van der Waals surface area contributed by atoms with Crippen molar-refractivity contribution in [3.05, 3.63) is 24.5 Å². The van der Waals surface area contributed by atoms with Gasteiger partial charge in [0.25, 0.3) is 0 Å². The number of nitrogens with zero attached hydrogens (tertiary/aromatic N) is 1. The van der Waals surface area contributed by atoms with Gasteiger partial charge in [-0.2, -0.15) is 0 Å². The van der Waals surface area contributed by atoms with Crippen LogP contribution < -0.4 is 10.6 Å². The molecular weight excluding hydrogens is 218 g/mol. The molecule has 6 heteroatoms. The van der Waals surface area contributed by atoms with Gasteiger partial charge < -0.3 is 10.6 Å². The zero-order chi connectivity index (χ0) is 11.1. The Balaban J connectivity index is 2.45. The molecule has 0 aliphatic rings. The van der Waals surface area contributed by atoms with Crippen molar-refractivity contribution in [3.8, 4) is 0 Å². The monoisotopic (exact) mass is 227 g/mol. The van der Waals surface area contributed by atoms with Crippen LogP contribution in [-0.2, 0) is 9.59 Å². The second-order valence-electron chi connectivity index (χ2n) is 2.64. The van der Waals surface area contributed by atoms with E-state index in [0.717, 1.165) is 0 Å². The zero-order valence-corrected chi connectivity index (χ0v) is 8.62. The molecule has 0 unspecified atom stereocenters. The Kier molecular flexibility index (Phi) is 4.56. The van der Waals surface area contributed by atoms with Crippen molar-refractivity contribution in [1.29, 1.82) is 0 Å². The number of alkyl halides is 1. The first kappa shape index (κ1) is 11.5. The van der Waals surface area contributed by atoms with E-state index in [2.05, 4.69) is 15.6 Å². The zero-order valence-electron chi connectivity index (χ0n) is 7.87. The molecule has 0 aromatic carbocycles. The Bertz CT molecular complexity index is 342. The highest BCUT2D eigenvalue weighted by Gasteiger charge is 2.12. The van der Waals surface area contributed by atoms with Gasteiger partial charge in [0.2, 0.25) is 0 Å². The number of halogens is 1. The molecule has 5 nitrogen and oxygen atoms in total. The van der Waals surface area contributed by atoms with Crippen molar-refractivity contribution in [3.63, 3.8) is 0 Å². The van der Waals surface area contributed by atoms with Gasteiger partial charge in [-0.15, -0.1) is 11.6 Å². The Morgan fingerprint density at radius 2 is 2.20 bits per heavy atom. The first-order valence-electron chi connectivity index (χ1n) is 4.29. The Labute approximate surface area is 91.8 Å². The minimum atomic E-state index is -0.729. The summed E-state index contributed by atoms with van der Waals surface area (Å²) in [5.74, 6) is -1.17. The molecular formula is C9H10ClN3O2. The minimum absolute atomic E-state index is 0.265. The third kappa shape index (κ3) is 3.95. The first-order valence-corrected chi connectivity index (χ1v) is 4.82. The average molecular weight is 228 g/mol. The lowest BCUT2D eigenvalue weighted by molar-refractivity contribution is -0.136. The van der Waals surface area contributed by atoms with Crippen molar-refractivity contribution in [2.75, 3.05) is 17.7 Å². The third-order valence-electron chi connectivity index (χ3n) is 1.51. The third-order valence-corrected chi connectivity index (χ3v) is 1.69. The van der Waals surface area contributed by atoms with E-state index in [4.69, 9.17) is 11.6 Å². The maximum atomic E-state index is 11.2.